The van der Waals surface area contributed by atoms with E-state index in [1.807, 2.05) is 24.8 Å². The fraction of sp³-hybridized carbons (Fsp3) is 0.250. The van der Waals surface area contributed by atoms with Crippen molar-refractivity contribution in [3.8, 4) is 0 Å². The van der Waals surface area contributed by atoms with Gasteiger partial charge in [0, 0.05) is 13.1 Å². The lowest BCUT2D eigenvalue weighted by atomic mass is 10.2. The van der Waals surface area contributed by atoms with Crippen molar-refractivity contribution < 1.29 is 4.74 Å². The molecule has 1 radical (unpaired) electrons. The topological polar surface area (TPSA) is 12.5 Å². The Hall–Kier alpha value is -1.28. The molecular weight excluding hydrogens is 174 g/mol. The Morgan fingerprint density at radius 1 is 1.21 bits per heavy atom. The van der Waals surface area contributed by atoms with Crippen LogP contribution in [0, 0.1) is 6.61 Å². The predicted octanol–water partition coefficient (Wildman–Crippen LogP) is 2.15. The Labute approximate surface area is 84.8 Å². The van der Waals surface area contributed by atoms with E-state index in [1.54, 1.807) is 0 Å². The van der Waals surface area contributed by atoms with Crippen LogP contribution in [0.2, 0.25) is 0 Å². The first-order valence-electron chi connectivity index (χ1n) is 4.86. The molecule has 1 heterocycles. The van der Waals surface area contributed by atoms with E-state index >= 15 is 0 Å². The number of ether oxygens (including phenoxy) is 1. The van der Waals surface area contributed by atoms with Crippen molar-refractivity contribution in [1.82, 2.24) is 4.90 Å². The summed E-state index contributed by atoms with van der Waals surface area (Å²) in [6.45, 7) is 4.49. The highest BCUT2D eigenvalue weighted by atomic mass is 16.5. The van der Waals surface area contributed by atoms with Crippen LogP contribution in [0.5, 0.6) is 0 Å². The summed E-state index contributed by atoms with van der Waals surface area (Å²) in [6.07, 6.45) is 4.24. The van der Waals surface area contributed by atoms with Crippen LogP contribution in [0.3, 0.4) is 0 Å². The van der Waals surface area contributed by atoms with Gasteiger partial charge in [0.15, 0.2) is 0 Å². The average molecular weight is 188 g/mol. The maximum Gasteiger partial charge on any atom is 0.103 e. The van der Waals surface area contributed by atoms with Crippen LogP contribution >= 0.6 is 0 Å². The predicted molar refractivity (Wildman–Crippen MR) is 57.3 cm³/mol. The van der Waals surface area contributed by atoms with Crippen molar-refractivity contribution in [3.05, 3.63) is 48.7 Å². The maximum atomic E-state index is 5.15. The first kappa shape index (κ1) is 9.28. The molecule has 0 aliphatic carbocycles. The van der Waals surface area contributed by atoms with Gasteiger partial charge in [-0.1, -0.05) is 30.3 Å². The molecule has 2 heteroatoms. The first-order chi connectivity index (χ1) is 6.95. The van der Waals surface area contributed by atoms with E-state index in [4.69, 9.17) is 4.74 Å². The molecule has 2 rings (SSSR count). The fourth-order valence-electron chi connectivity index (χ4n) is 1.38. The van der Waals surface area contributed by atoms with E-state index in [0.29, 0.717) is 0 Å². The highest BCUT2D eigenvalue weighted by Gasteiger charge is 2.05. The van der Waals surface area contributed by atoms with Crippen LogP contribution in [0.4, 0.5) is 0 Å². The van der Waals surface area contributed by atoms with Crippen molar-refractivity contribution >= 4 is 6.08 Å². The summed E-state index contributed by atoms with van der Waals surface area (Å²) in [6, 6.07) is 10.3. The van der Waals surface area contributed by atoms with Crippen LogP contribution in [-0.4, -0.2) is 24.6 Å². The van der Waals surface area contributed by atoms with Crippen LogP contribution in [0.25, 0.3) is 6.08 Å². The summed E-state index contributed by atoms with van der Waals surface area (Å²) < 4.78 is 5.15. The molecule has 0 atom stereocenters. The van der Waals surface area contributed by atoms with Gasteiger partial charge in [0.25, 0.3) is 0 Å². The molecule has 0 spiro atoms. The summed E-state index contributed by atoms with van der Waals surface area (Å²) in [5, 5.41) is 0. The van der Waals surface area contributed by atoms with E-state index in [0.717, 1.165) is 19.7 Å². The molecule has 1 aromatic rings. The Balaban J connectivity index is 1.93. The molecule has 14 heavy (non-hydrogen) atoms. The maximum absolute atomic E-state index is 5.15. The van der Waals surface area contributed by atoms with Crippen molar-refractivity contribution in [2.24, 2.45) is 0 Å². The molecule has 1 aliphatic rings. The highest BCUT2D eigenvalue weighted by Crippen LogP contribution is 2.05. The van der Waals surface area contributed by atoms with E-state index in [1.165, 1.54) is 5.56 Å². The molecule has 2 nitrogen and oxygen atoms in total. The lowest BCUT2D eigenvalue weighted by Crippen LogP contribution is -2.29. The summed E-state index contributed by atoms with van der Waals surface area (Å²) in [4.78, 5) is 2.23. The number of benzene rings is 1. The molecule has 0 aromatic heterocycles. The van der Waals surface area contributed by atoms with Crippen LogP contribution < -0.4 is 0 Å². The minimum absolute atomic E-state index is 0.791. The number of morpholine rings is 1. The Bertz CT molecular complexity index is 288. The third kappa shape index (κ3) is 2.60. The lowest BCUT2D eigenvalue weighted by molar-refractivity contribution is 0.112. The van der Waals surface area contributed by atoms with E-state index < -0.39 is 0 Å². The largest absolute Gasteiger partial charge is 0.372 e. The van der Waals surface area contributed by atoms with Gasteiger partial charge >= 0.3 is 0 Å². The van der Waals surface area contributed by atoms with Gasteiger partial charge in [0.2, 0.25) is 0 Å². The fourth-order valence-corrected chi connectivity index (χ4v) is 1.38. The average Bonchev–Trinajstić information content (AvgIpc) is 2.29. The molecule has 1 saturated heterocycles. The first-order valence-corrected chi connectivity index (χ1v) is 4.86. The number of hydrogen-bond donors (Lipinski definition) is 0. The Morgan fingerprint density at radius 3 is 2.79 bits per heavy atom. The van der Waals surface area contributed by atoms with Crippen molar-refractivity contribution in [2.45, 2.75) is 0 Å². The Morgan fingerprint density at radius 2 is 2.07 bits per heavy atom. The van der Waals surface area contributed by atoms with Crippen molar-refractivity contribution in [3.63, 3.8) is 0 Å². The number of rotatable bonds is 2. The van der Waals surface area contributed by atoms with Crippen molar-refractivity contribution in [1.29, 1.82) is 0 Å². The van der Waals surface area contributed by atoms with E-state index in [-0.39, 0.29) is 0 Å². The SMILES string of the molecule is [CH]1CN(C=Cc2ccccc2)CCO1. The molecule has 0 amide bonds. The Kier molecular flexibility index (Phi) is 3.19. The van der Waals surface area contributed by atoms with Gasteiger partial charge in [-0.2, -0.15) is 0 Å². The molecule has 73 valence electrons. The zero-order valence-electron chi connectivity index (χ0n) is 8.10. The zero-order valence-corrected chi connectivity index (χ0v) is 8.10. The summed E-state index contributed by atoms with van der Waals surface area (Å²) in [5.41, 5.74) is 1.24. The monoisotopic (exact) mass is 188 g/mol. The van der Waals surface area contributed by atoms with Crippen LogP contribution in [-0.2, 0) is 4.74 Å². The third-order valence-electron chi connectivity index (χ3n) is 2.20. The molecule has 0 saturated carbocycles. The quantitative estimate of drug-likeness (QED) is 0.705. The van der Waals surface area contributed by atoms with Crippen LogP contribution in [0.15, 0.2) is 36.5 Å². The lowest BCUT2D eigenvalue weighted by Gasteiger charge is -2.24. The molecular formula is C12H14NO. The minimum atomic E-state index is 0.791. The standard InChI is InChI=1S/C12H14NO/c1-2-4-12(5-3-1)6-7-13-8-10-14-11-9-13/h1-7,10H,8-9,11H2. The molecule has 1 fully saturated rings. The third-order valence-corrected chi connectivity index (χ3v) is 2.20. The minimum Gasteiger partial charge on any atom is -0.372 e. The molecule has 1 aromatic carbocycles. The van der Waals surface area contributed by atoms with Gasteiger partial charge in [0.05, 0.1) is 6.61 Å². The van der Waals surface area contributed by atoms with E-state index in [2.05, 4.69) is 29.3 Å². The zero-order chi connectivity index (χ0) is 9.64. The van der Waals surface area contributed by atoms with Gasteiger partial charge in [-0.3, -0.25) is 0 Å². The second-order valence-corrected chi connectivity index (χ2v) is 3.26. The molecule has 1 aliphatic heterocycles. The van der Waals surface area contributed by atoms with Gasteiger partial charge in [0.1, 0.15) is 6.61 Å². The van der Waals surface area contributed by atoms with Gasteiger partial charge in [-0.15, -0.1) is 0 Å². The smallest absolute Gasteiger partial charge is 0.103 e. The van der Waals surface area contributed by atoms with Crippen LogP contribution in [0.1, 0.15) is 5.56 Å². The summed E-state index contributed by atoms with van der Waals surface area (Å²) in [7, 11) is 0. The summed E-state index contributed by atoms with van der Waals surface area (Å²) in [5.74, 6) is 0. The number of nitrogens with zero attached hydrogens (tertiary/aromatic N) is 1. The second kappa shape index (κ2) is 4.82. The van der Waals surface area contributed by atoms with Crippen molar-refractivity contribution in [2.75, 3.05) is 19.7 Å². The second-order valence-electron chi connectivity index (χ2n) is 3.26. The normalized spacial score (nSPS) is 17.6. The van der Waals surface area contributed by atoms with Gasteiger partial charge in [-0.25, -0.2) is 0 Å². The van der Waals surface area contributed by atoms with E-state index in [9.17, 15) is 0 Å². The highest BCUT2D eigenvalue weighted by molar-refractivity contribution is 5.48. The summed E-state index contributed by atoms with van der Waals surface area (Å²) >= 11 is 0. The molecule has 0 unspecified atom stereocenters. The number of hydrogen-bond acceptors (Lipinski definition) is 2. The van der Waals surface area contributed by atoms with Gasteiger partial charge < -0.3 is 9.64 Å². The molecule has 0 N–H and O–H groups in total. The van der Waals surface area contributed by atoms with Gasteiger partial charge in [-0.05, 0) is 17.8 Å². The molecule has 0 bridgehead atoms.